The second-order valence-corrected chi connectivity index (χ2v) is 6.98. The number of amides is 1. The average Bonchev–Trinajstić information content (AvgIpc) is 2.92. The first-order chi connectivity index (χ1) is 11.1. The molecule has 0 saturated carbocycles. The first-order valence-electron chi connectivity index (χ1n) is 8.50. The van der Waals surface area contributed by atoms with Gasteiger partial charge in [-0.05, 0) is 63.4 Å². The maximum absolute atomic E-state index is 12.5. The zero-order chi connectivity index (χ0) is 16.0. The fourth-order valence-electron chi connectivity index (χ4n) is 4.19. The third-order valence-corrected chi connectivity index (χ3v) is 5.59. The molecule has 0 radical (unpaired) electrons. The lowest BCUT2D eigenvalue weighted by Crippen LogP contribution is -2.62. The summed E-state index contributed by atoms with van der Waals surface area (Å²) in [5.41, 5.74) is 2.61. The highest BCUT2D eigenvalue weighted by atomic mass is 16.5. The number of hydrogen-bond acceptors (Lipinski definition) is 4. The molecule has 1 N–H and O–H groups in total. The van der Waals surface area contributed by atoms with Crippen molar-refractivity contribution in [2.75, 3.05) is 13.1 Å². The number of hydrogen-bond donors (Lipinski definition) is 1. The largest absolute Gasteiger partial charge is 0.356 e. The number of nitrogens with zero attached hydrogens (tertiary/aromatic N) is 2. The van der Waals surface area contributed by atoms with Crippen LogP contribution in [0.5, 0.6) is 0 Å². The molecule has 5 rings (SSSR count). The van der Waals surface area contributed by atoms with E-state index in [2.05, 4.69) is 22.3 Å². The molecule has 3 aliphatic rings. The number of carbonyl (C=O) groups is 1. The van der Waals surface area contributed by atoms with Crippen molar-refractivity contribution in [1.82, 2.24) is 15.4 Å². The molecule has 5 nitrogen and oxygen atoms in total. The summed E-state index contributed by atoms with van der Waals surface area (Å²) in [6.45, 7) is 6.52. The van der Waals surface area contributed by atoms with E-state index in [1.165, 1.54) is 25.9 Å². The van der Waals surface area contributed by atoms with E-state index in [0.29, 0.717) is 24.4 Å². The maximum Gasteiger partial charge on any atom is 0.224 e. The second kappa shape index (κ2) is 5.64. The predicted molar refractivity (Wildman–Crippen MR) is 88.1 cm³/mol. The molecule has 23 heavy (non-hydrogen) atoms. The first-order valence-corrected chi connectivity index (χ1v) is 8.50. The molecule has 0 spiro atoms. The van der Waals surface area contributed by atoms with Crippen LogP contribution >= 0.6 is 0 Å². The summed E-state index contributed by atoms with van der Waals surface area (Å²) in [7, 11) is 0. The van der Waals surface area contributed by atoms with Crippen LogP contribution in [0.4, 0.5) is 0 Å². The minimum absolute atomic E-state index is 0.103. The molecule has 4 heterocycles. The van der Waals surface area contributed by atoms with E-state index in [-0.39, 0.29) is 5.91 Å². The van der Waals surface area contributed by atoms with Crippen molar-refractivity contribution >= 4 is 16.9 Å². The fourth-order valence-corrected chi connectivity index (χ4v) is 4.19. The van der Waals surface area contributed by atoms with Gasteiger partial charge in [0, 0.05) is 17.5 Å². The van der Waals surface area contributed by atoms with Crippen molar-refractivity contribution in [2.24, 2.45) is 5.92 Å². The number of aromatic nitrogens is 1. The minimum Gasteiger partial charge on any atom is -0.356 e. The number of fused-ring (bicyclic) bond motifs is 4. The molecule has 3 aliphatic heterocycles. The topological polar surface area (TPSA) is 58.4 Å². The van der Waals surface area contributed by atoms with Crippen LogP contribution in [-0.4, -0.2) is 41.1 Å². The van der Waals surface area contributed by atoms with E-state index in [1.54, 1.807) is 0 Å². The van der Waals surface area contributed by atoms with Crippen molar-refractivity contribution in [2.45, 2.75) is 45.2 Å². The van der Waals surface area contributed by atoms with Crippen molar-refractivity contribution < 1.29 is 9.32 Å². The summed E-state index contributed by atoms with van der Waals surface area (Å²) >= 11 is 0. The van der Waals surface area contributed by atoms with E-state index in [0.717, 1.165) is 22.2 Å². The lowest BCUT2D eigenvalue weighted by atomic mass is 9.79. The Labute approximate surface area is 136 Å². The number of rotatable bonds is 3. The highest BCUT2D eigenvalue weighted by molar-refractivity contribution is 5.83. The highest BCUT2D eigenvalue weighted by Gasteiger charge is 2.40. The molecule has 2 bridgehead atoms. The Balaban J connectivity index is 1.44. The lowest BCUT2D eigenvalue weighted by molar-refractivity contribution is -0.123. The van der Waals surface area contributed by atoms with E-state index in [9.17, 15) is 4.79 Å². The van der Waals surface area contributed by atoms with Crippen LogP contribution in [0, 0.1) is 12.8 Å². The minimum atomic E-state index is 0.103. The highest BCUT2D eigenvalue weighted by Crippen LogP contribution is 2.32. The Morgan fingerprint density at radius 2 is 2.17 bits per heavy atom. The third kappa shape index (κ3) is 2.63. The van der Waals surface area contributed by atoms with Crippen LogP contribution in [0.3, 0.4) is 0 Å². The average molecular weight is 313 g/mol. The Morgan fingerprint density at radius 3 is 2.91 bits per heavy atom. The van der Waals surface area contributed by atoms with Gasteiger partial charge in [-0.2, -0.15) is 0 Å². The van der Waals surface area contributed by atoms with Gasteiger partial charge in [-0.15, -0.1) is 0 Å². The van der Waals surface area contributed by atoms with Crippen molar-refractivity contribution in [3.8, 4) is 0 Å². The van der Waals surface area contributed by atoms with Gasteiger partial charge in [-0.3, -0.25) is 9.69 Å². The van der Waals surface area contributed by atoms with Crippen LogP contribution in [0.1, 0.15) is 31.0 Å². The summed E-state index contributed by atoms with van der Waals surface area (Å²) in [5.74, 6) is 0.740. The first kappa shape index (κ1) is 14.7. The number of piperidine rings is 3. The molecule has 5 heteroatoms. The van der Waals surface area contributed by atoms with Gasteiger partial charge in [0.05, 0.1) is 12.1 Å². The van der Waals surface area contributed by atoms with E-state index in [1.807, 2.05) is 25.1 Å². The zero-order valence-corrected chi connectivity index (χ0v) is 13.7. The third-order valence-electron chi connectivity index (χ3n) is 5.59. The molecule has 2 atom stereocenters. The van der Waals surface area contributed by atoms with Gasteiger partial charge >= 0.3 is 0 Å². The predicted octanol–water partition coefficient (Wildman–Crippen LogP) is 2.28. The zero-order valence-electron chi connectivity index (χ0n) is 13.7. The summed E-state index contributed by atoms with van der Waals surface area (Å²) in [6.07, 6.45) is 2.81. The Bertz CT molecular complexity index is 729. The van der Waals surface area contributed by atoms with Crippen LogP contribution in [0.15, 0.2) is 22.7 Å². The summed E-state index contributed by atoms with van der Waals surface area (Å²) in [6, 6.07) is 6.65. The van der Waals surface area contributed by atoms with Gasteiger partial charge in [0.1, 0.15) is 0 Å². The number of carbonyl (C=O) groups excluding carboxylic acids is 1. The molecule has 3 saturated heterocycles. The maximum atomic E-state index is 12.5. The van der Waals surface area contributed by atoms with Crippen LogP contribution in [0.25, 0.3) is 11.0 Å². The molecule has 3 fully saturated rings. The molecule has 122 valence electrons. The van der Waals surface area contributed by atoms with E-state index >= 15 is 0 Å². The summed E-state index contributed by atoms with van der Waals surface area (Å²) in [5, 5.41) is 8.25. The van der Waals surface area contributed by atoms with Gasteiger partial charge in [0.15, 0.2) is 5.58 Å². The van der Waals surface area contributed by atoms with Gasteiger partial charge in [-0.25, -0.2) is 0 Å². The Morgan fingerprint density at radius 1 is 1.39 bits per heavy atom. The van der Waals surface area contributed by atoms with Crippen molar-refractivity contribution in [3.05, 3.63) is 29.5 Å². The molecule has 1 aromatic carbocycles. The summed E-state index contributed by atoms with van der Waals surface area (Å²) in [4.78, 5) is 15.0. The molecule has 1 amide bonds. The van der Waals surface area contributed by atoms with Crippen LogP contribution in [-0.2, 0) is 11.2 Å². The molecule has 0 unspecified atom stereocenters. The molecular formula is C18H23N3O2. The summed E-state index contributed by atoms with van der Waals surface area (Å²) < 4.78 is 5.29. The molecule has 0 aliphatic carbocycles. The fraction of sp³-hybridized carbons (Fsp3) is 0.556. The van der Waals surface area contributed by atoms with Crippen LogP contribution < -0.4 is 5.32 Å². The number of aryl methyl sites for hydroxylation is 1. The number of nitrogens with one attached hydrogen (secondary N) is 1. The smallest absolute Gasteiger partial charge is 0.224 e. The van der Waals surface area contributed by atoms with Gasteiger partial charge < -0.3 is 9.84 Å². The van der Waals surface area contributed by atoms with Gasteiger partial charge in [0.25, 0.3) is 0 Å². The van der Waals surface area contributed by atoms with E-state index < -0.39 is 0 Å². The Kier molecular flexibility index (Phi) is 3.60. The SMILES string of the molecule is Cc1noc2cc(CC(=O)N[C@@H]3C4CCN(CC4)[C@@H]3C)ccc12. The quantitative estimate of drug-likeness (QED) is 0.944. The Hall–Kier alpha value is -1.88. The monoisotopic (exact) mass is 313 g/mol. The second-order valence-electron chi connectivity index (χ2n) is 6.98. The number of benzene rings is 1. The van der Waals surface area contributed by atoms with E-state index in [4.69, 9.17) is 4.52 Å². The molecule has 2 aromatic rings. The normalized spacial score (nSPS) is 29.8. The molecule has 1 aromatic heterocycles. The molecular weight excluding hydrogens is 290 g/mol. The van der Waals surface area contributed by atoms with Gasteiger partial charge in [-0.1, -0.05) is 11.2 Å². The van der Waals surface area contributed by atoms with Crippen molar-refractivity contribution in [1.29, 1.82) is 0 Å². The van der Waals surface area contributed by atoms with Crippen LogP contribution in [0.2, 0.25) is 0 Å². The van der Waals surface area contributed by atoms with Crippen molar-refractivity contribution in [3.63, 3.8) is 0 Å². The van der Waals surface area contributed by atoms with Gasteiger partial charge in [0.2, 0.25) is 5.91 Å². The standard InChI is InChI=1S/C18H23N3O2/c1-11-15-4-3-13(9-16(15)23-20-11)10-17(22)19-18-12(2)21-7-5-14(18)6-8-21/h3-4,9,12,14,18H,5-8,10H2,1-2H3,(H,19,22)/t12-,18+/m1/s1. The lowest BCUT2D eigenvalue weighted by Gasteiger charge is -2.50.